The monoisotopic (exact) mass is 487 g/mol. The normalized spacial score (nSPS) is 21.6. The van der Waals surface area contributed by atoms with Crippen LogP contribution in [0, 0.1) is 0 Å². The lowest BCUT2D eigenvalue weighted by Gasteiger charge is -2.45. The smallest absolute Gasteiger partial charge is 0.270 e. The Balaban J connectivity index is 1.78. The van der Waals surface area contributed by atoms with Crippen LogP contribution in [0.25, 0.3) is 6.08 Å². The minimum atomic E-state index is -0.557. The van der Waals surface area contributed by atoms with Gasteiger partial charge >= 0.3 is 0 Å². The number of fused-ring (bicyclic) bond motifs is 1. The lowest BCUT2D eigenvalue weighted by molar-refractivity contribution is -0.122. The van der Waals surface area contributed by atoms with Gasteiger partial charge in [-0.1, -0.05) is 36.2 Å². The summed E-state index contributed by atoms with van der Waals surface area (Å²) in [6.45, 7) is 6.58. The van der Waals surface area contributed by atoms with Gasteiger partial charge in [0.05, 0.1) is 5.69 Å². The molecule has 2 aromatic rings. The number of hydrogen-bond donors (Lipinski definition) is 1. The van der Waals surface area contributed by atoms with Crippen molar-refractivity contribution in [1.82, 2.24) is 5.32 Å². The van der Waals surface area contributed by atoms with Gasteiger partial charge in [0.25, 0.3) is 11.8 Å². The van der Waals surface area contributed by atoms with Crippen molar-refractivity contribution >= 4 is 69.8 Å². The van der Waals surface area contributed by atoms with Gasteiger partial charge in [0.15, 0.2) is 5.11 Å². The van der Waals surface area contributed by atoms with E-state index < -0.39 is 11.8 Å². The van der Waals surface area contributed by atoms with Crippen molar-refractivity contribution in [2.45, 2.75) is 38.6 Å². The van der Waals surface area contributed by atoms with E-state index in [0.717, 1.165) is 17.7 Å². The molecule has 1 unspecified atom stereocenters. The van der Waals surface area contributed by atoms with E-state index in [9.17, 15) is 9.59 Å². The third-order valence-electron chi connectivity index (χ3n) is 6.22. The number of thiocarbonyl (C=S) groups is 1. The van der Waals surface area contributed by atoms with E-state index in [1.54, 1.807) is 24.3 Å². The van der Waals surface area contributed by atoms with Crippen LogP contribution in [0.5, 0.6) is 0 Å². The molecule has 2 aromatic carbocycles. The third-order valence-corrected chi connectivity index (χ3v) is 7.07. The first-order valence-corrected chi connectivity index (χ1v) is 11.4. The second kappa shape index (κ2) is 8.18. The molecule has 2 heterocycles. The van der Waals surface area contributed by atoms with E-state index in [-0.39, 0.29) is 16.2 Å². The van der Waals surface area contributed by atoms with Crippen LogP contribution in [0.4, 0.5) is 11.4 Å². The standard InChI is InChI=1S/C24H23Cl2N3O2S/c1-13-12-24(2,3)28(4)20-11-19(26)14(8-17(13)20)9-18-21(30)27-23(32)29(22(18)31)16-7-5-6-15(25)10-16/h5-11,13H,12H2,1-4H3,(H,27,30,32)/b18-9+. The molecule has 0 aromatic heterocycles. The number of rotatable bonds is 2. The minimum absolute atomic E-state index is 0.00209. The molecule has 0 bridgehead atoms. The first-order valence-electron chi connectivity index (χ1n) is 10.2. The van der Waals surface area contributed by atoms with Crippen LogP contribution in [-0.2, 0) is 9.59 Å². The van der Waals surface area contributed by atoms with E-state index in [1.165, 1.54) is 11.0 Å². The average molecular weight is 488 g/mol. The second-order valence-corrected chi connectivity index (χ2v) is 10.1. The molecule has 1 saturated heterocycles. The van der Waals surface area contributed by atoms with Crippen LogP contribution in [0.15, 0.2) is 42.0 Å². The van der Waals surface area contributed by atoms with Crippen molar-refractivity contribution in [2.24, 2.45) is 0 Å². The van der Waals surface area contributed by atoms with Gasteiger partial charge in [-0.05, 0) is 85.9 Å². The van der Waals surface area contributed by atoms with Gasteiger partial charge < -0.3 is 4.90 Å². The van der Waals surface area contributed by atoms with E-state index in [2.05, 4.69) is 38.0 Å². The highest BCUT2D eigenvalue weighted by Crippen LogP contribution is 2.44. The molecule has 2 aliphatic heterocycles. The molecule has 1 fully saturated rings. The zero-order chi connectivity index (χ0) is 23.4. The van der Waals surface area contributed by atoms with Gasteiger partial charge in [0, 0.05) is 28.3 Å². The van der Waals surface area contributed by atoms with Crippen LogP contribution in [0.3, 0.4) is 0 Å². The van der Waals surface area contributed by atoms with E-state index in [4.69, 9.17) is 35.4 Å². The summed E-state index contributed by atoms with van der Waals surface area (Å²) in [4.78, 5) is 29.4. The summed E-state index contributed by atoms with van der Waals surface area (Å²) in [6.07, 6.45) is 2.51. The van der Waals surface area contributed by atoms with Crippen LogP contribution in [0.2, 0.25) is 10.0 Å². The molecular weight excluding hydrogens is 465 g/mol. The predicted molar refractivity (Wildman–Crippen MR) is 135 cm³/mol. The molecule has 8 heteroatoms. The molecule has 0 aliphatic carbocycles. The molecule has 4 rings (SSSR count). The molecule has 166 valence electrons. The van der Waals surface area contributed by atoms with Crippen molar-refractivity contribution in [3.63, 3.8) is 0 Å². The Labute approximate surface area is 203 Å². The van der Waals surface area contributed by atoms with Crippen molar-refractivity contribution in [2.75, 3.05) is 16.8 Å². The van der Waals surface area contributed by atoms with Crippen molar-refractivity contribution in [1.29, 1.82) is 0 Å². The summed E-state index contributed by atoms with van der Waals surface area (Å²) in [6, 6.07) is 10.6. The van der Waals surface area contributed by atoms with E-state index in [1.807, 2.05) is 12.1 Å². The Morgan fingerprint density at radius 1 is 1.19 bits per heavy atom. The number of carbonyl (C=O) groups excluding carboxylic acids is 2. The van der Waals surface area contributed by atoms with Gasteiger partial charge in [0.2, 0.25) is 0 Å². The molecule has 1 N–H and O–H groups in total. The van der Waals surface area contributed by atoms with Crippen LogP contribution < -0.4 is 15.1 Å². The molecule has 1 atom stereocenters. The van der Waals surface area contributed by atoms with Gasteiger partial charge in [-0.3, -0.25) is 19.8 Å². The third kappa shape index (κ3) is 3.91. The number of halogens is 2. The highest BCUT2D eigenvalue weighted by molar-refractivity contribution is 7.80. The molecule has 0 radical (unpaired) electrons. The SMILES string of the molecule is CC1CC(C)(C)N(C)c2cc(Cl)c(/C=C3\C(=O)NC(=S)N(c4cccc(Cl)c4)C3=O)cc21. The molecule has 0 spiro atoms. The number of amides is 2. The predicted octanol–water partition coefficient (Wildman–Crippen LogP) is 5.55. The first kappa shape index (κ1) is 22.8. The Morgan fingerprint density at radius 2 is 1.91 bits per heavy atom. The summed E-state index contributed by atoms with van der Waals surface area (Å²) in [5.41, 5.74) is 3.24. The highest BCUT2D eigenvalue weighted by Gasteiger charge is 2.36. The summed E-state index contributed by atoms with van der Waals surface area (Å²) in [5.74, 6) is -0.781. The van der Waals surface area contributed by atoms with Crippen LogP contribution >= 0.6 is 35.4 Å². The number of benzene rings is 2. The Hall–Kier alpha value is -2.41. The molecular formula is C24H23Cl2N3O2S. The lowest BCUT2D eigenvalue weighted by atomic mass is 9.80. The topological polar surface area (TPSA) is 52.7 Å². The van der Waals surface area contributed by atoms with E-state index in [0.29, 0.717) is 27.2 Å². The van der Waals surface area contributed by atoms with E-state index >= 15 is 0 Å². The maximum atomic E-state index is 13.3. The van der Waals surface area contributed by atoms with Crippen molar-refractivity contribution in [3.8, 4) is 0 Å². The number of nitrogens with one attached hydrogen (secondary N) is 1. The number of nitrogens with zero attached hydrogens (tertiary/aromatic N) is 2. The molecule has 0 saturated carbocycles. The maximum Gasteiger partial charge on any atom is 0.270 e. The number of carbonyl (C=O) groups is 2. The molecule has 2 aliphatic rings. The van der Waals surface area contributed by atoms with Crippen molar-refractivity contribution < 1.29 is 9.59 Å². The Morgan fingerprint density at radius 3 is 2.59 bits per heavy atom. The lowest BCUT2D eigenvalue weighted by Crippen LogP contribution is -2.54. The fraction of sp³-hybridized carbons (Fsp3) is 0.292. The highest BCUT2D eigenvalue weighted by atomic mass is 35.5. The zero-order valence-electron chi connectivity index (χ0n) is 18.2. The summed E-state index contributed by atoms with van der Waals surface area (Å²) >= 11 is 17.9. The Bertz CT molecular complexity index is 1190. The summed E-state index contributed by atoms with van der Waals surface area (Å²) in [5, 5.41) is 3.53. The summed E-state index contributed by atoms with van der Waals surface area (Å²) in [7, 11) is 2.06. The van der Waals surface area contributed by atoms with Gasteiger partial charge in [-0.25, -0.2) is 0 Å². The maximum absolute atomic E-state index is 13.3. The minimum Gasteiger partial charge on any atom is -0.369 e. The van der Waals surface area contributed by atoms with Gasteiger partial charge in [-0.2, -0.15) is 0 Å². The largest absolute Gasteiger partial charge is 0.369 e. The van der Waals surface area contributed by atoms with Gasteiger partial charge in [0.1, 0.15) is 5.57 Å². The first-order chi connectivity index (χ1) is 15.0. The fourth-order valence-electron chi connectivity index (χ4n) is 4.38. The van der Waals surface area contributed by atoms with Crippen LogP contribution in [0.1, 0.15) is 44.2 Å². The average Bonchev–Trinajstić information content (AvgIpc) is 2.69. The van der Waals surface area contributed by atoms with Gasteiger partial charge in [-0.15, -0.1) is 0 Å². The van der Waals surface area contributed by atoms with Crippen molar-refractivity contribution in [3.05, 3.63) is 63.1 Å². The quantitative estimate of drug-likeness (QED) is 0.342. The number of anilines is 2. The molecule has 5 nitrogen and oxygen atoms in total. The number of hydrogen-bond acceptors (Lipinski definition) is 4. The zero-order valence-corrected chi connectivity index (χ0v) is 20.5. The Kier molecular flexibility index (Phi) is 5.82. The molecule has 32 heavy (non-hydrogen) atoms. The van der Waals surface area contributed by atoms with Crippen LogP contribution in [-0.4, -0.2) is 29.5 Å². The molecule has 2 amide bonds. The summed E-state index contributed by atoms with van der Waals surface area (Å²) < 4.78 is 0. The second-order valence-electron chi connectivity index (χ2n) is 8.85. The fourth-order valence-corrected chi connectivity index (χ4v) is 5.06.